The van der Waals surface area contributed by atoms with E-state index in [0.717, 1.165) is 6.07 Å². The van der Waals surface area contributed by atoms with Crippen LogP contribution in [0.2, 0.25) is 0 Å². The number of aromatic nitrogens is 1. The quantitative estimate of drug-likeness (QED) is 0.599. The molecule has 8 nitrogen and oxygen atoms in total. The Hall–Kier alpha value is -3.07. The molecule has 0 aliphatic carbocycles. The van der Waals surface area contributed by atoms with Gasteiger partial charge in [0, 0.05) is 24.5 Å². The predicted molar refractivity (Wildman–Crippen MR) is 106 cm³/mol. The predicted octanol–water partition coefficient (Wildman–Crippen LogP) is 2.49. The van der Waals surface area contributed by atoms with Crippen LogP contribution in [0.5, 0.6) is 11.5 Å². The third-order valence-corrected chi connectivity index (χ3v) is 5.70. The molecule has 1 saturated heterocycles. The lowest BCUT2D eigenvalue weighted by atomic mass is 9.91. The van der Waals surface area contributed by atoms with E-state index in [0.29, 0.717) is 18.6 Å². The zero-order chi connectivity index (χ0) is 21.1. The molecule has 4 rings (SSSR count). The van der Waals surface area contributed by atoms with Crippen molar-refractivity contribution in [1.82, 2.24) is 4.57 Å². The Morgan fingerprint density at radius 2 is 2.28 bits per heavy atom. The van der Waals surface area contributed by atoms with Gasteiger partial charge in [-0.1, -0.05) is 6.08 Å². The summed E-state index contributed by atoms with van der Waals surface area (Å²) in [5.74, 6) is -0.809. The van der Waals surface area contributed by atoms with Crippen LogP contribution in [0.15, 0.2) is 29.7 Å². The van der Waals surface area contributed by atoms with E-state index in [2.05, 4.69) is 11.3 Å². The first-order valence-electron chi connectivity index (χ1n) is 9.25. The minimum Gasteiger partial charge on any atom is -0.487 e. The third-order valence-electron chi connectivity index (χ3n) is 5.70. The van der Waals surface area contributed by atoms with E-state index in [1.54, 1.807) is 10.6 Å². The summed E-state index contributed by atoms with van der Waals surface area (Å²) in [5.41, 5.74) is 5.72. The molecule has 29 heavy (non-hydrogen) atoms. The van der Waals surface area contributed by atoms with Crippen LogP contribution in [0.25, 0.3) is 10.9 Å². The molecule has 3 heterocycles. The van der Waals surface area contributed by atoms with Gasteiger partial charge < -0.3 is 29.8 Å². The van der Waals surface area contributed by atoms with Crippen LogP contribution in [-0.2, 0) is 0 Å². The minimum absolute atomic E-state index is 0.00141. The fraction of sp³-hybridized carbons (Fsp3) is 0.400. The molecule has 0 bridgehead atoms. The zero-order valence-electron chi connectivity index (χ0n) is 16.1. The van der Waals surface area contributed by atoms with Crippen molar-refractivity contribution >= 4 is 22.7 Å². The van der Waals surface area contributed by atoms with Crippen LogP contribution in [0, 0.1) is 11.7 Å². The number of ether oxygens (including phenoxy) is 2. The molecule has 0 radical (unpaired) electrons. The van der Waals surface area contributed by atoms with Gasteiger partial charge in [-0.05, 0) is 19.9 Å². The Kier molecular flexibility index (Phi) is 4.30. The summed E-state index contributed by atoms with van der Waals surface area (Å²) < 4.78 is 27.4. The lowest BCUT2D eigenvalue weighted by molar-refractivity contribution is 0.143. The van der Waals surface area contributed by atoms with Gasteiger partial charge >= 0.3 is 6.16 Å². The summed E-state index contributed by atoms with van der Waals surface area (Å²) in [4.78, 5) is 25.5. The normalized spacial score (nSPS) is 25.7. The summed E-state index contributed by atoms with van der Waals surface area (Å²) >= 11 is 0. The summed E-state index contributed by atoms with van der Waals surface area (Å²) in [5, 5.41) is 8.91. The van der Waals surface area contributed by atoms with Crippen LogP contribution in [0.4, 0.5) is 14.9 Å². The van der Waals surface area contributed by atoms with Crippen LogP contribution < -0.4 is 25.5 Å². The third kappa shape index (κ3) is 2.93. The number of rotatable bonds is 3. The fourth-order valence-electron chi connectivity index (χ4n) is 4.20. The fourth-order valence-corrected chi connectivity index (χ4v) is 4.20. The second-order valence-electron chi connectivity index (χ2n) is 7.92. The first-order valence-corrected chi connectivity index (χ1v) is 9.25. The summed E-state index contributed by atoms with van der Waals surface area (Å²) in [6.45, 7) is 8.65. The van der Waals surface area contributed by atoms with Gasteiger partial charge in [0.15, 0.2) is 17.3 Å². The van der Waals surface area contributed by atoms with Crippen molar-refractivity contribution in [3.63, 3.8) is 0 Å². The van der Waals surface area contributed by atoms with Gasteiger partial charge in [0.25, 0.3) is 0 Å². The average Bonchev–Trinajstić information content (AvgIpc) is 2.94. The Morgan fingerprint density at radius 3 is 2.90 bits per heavy atom. The van der Waals surface area contributed by atoms with Gasteiger partial charge in [0.1, 0.15) is 12.3 Å². The highest BCUT2D eigenvalue weighted by Gasteiger charge is 2.41. The molecule has 0 saturated carbocycles. The molecule has 2 aliphatic heterocycles. The second kappa shape index (κ2) is 6.48. The maximum absolute atomic E-state index is 15.2. The highest BCUT2D eigenvalue weighted by Crippen LogP contribution is 2.44. The van der Waals surface area contributed by atoms with Gasteiger partial charge in [-0.15, -0.1) is 6.58 Å². The van der Waals surface area contributed by atoms with E-state index in [9.17, 15) is 9.59 Å². The molecule has 9 heteroatoms. The molecule has 2 aromatic rings. The Balaban J connectivity index is 1.97. The molecular weight excluding hydrogens is 381 g/mol. The molecule has 0 spiro atoms. The smallest absolute Gasteiger partial charge is 0.487 e. The van der Waals surface area contributed by atoms with Crippen LogP contribution >= 0.6 is 0 Å². The molecule has 1 aromatic carbocycles. The molecular formula is C20H22FN3O5. The van der Waals surface area contributed by atoms with Crippen molar-refractivity contribution < 1.29 is 23.8 Å². The van der Waals surface area contributed by atoms with Crippen LogP contribution in [0.3, 0.4) is 0 Å². The summed E-state index contributed by atoms with van der Waals surface area (Å²) in [7, 11) is 0. The number of hydrogen-bond acceptors (Lipinski definition) is 6. The molecule has 0 amide bonds. The Morgan fingerprint density at radius 1 is 1.55 bits per heavy atom. The summed E-state index contributed by atoms with van der Waals surface area (Å²) in [6, 6.07) is 0.900. The zero-order valence-corrected chi connectivity index (χ0v) is 16.1. The SMILES string of the molecule is C=CC1CN(c2c(F)cc3c(=O)c(OC(=O)O)cn4c3c2OC[C@@H]4C)CC1(C)N. The minimum atomic E-state index is -1.61. The maximum atomic E-state index is 15.2. The monoisotopic (exact) mass is 403 g/mol. The van der Waals surface area contributed by atoms with Crippen molar-refractivity contribution in [2.45, 2.75) is 25.4 Å². The van der Waals surface area contributed by atoms with Crippen molar-refractivity contribution in [1.29, 1.82) is 0 Å². The highest BCUT2D eigenvalue weighted by atomic mass is 19.1. The number of halogens is 1. The number of carboxylic acid groups (broad SMARTS) is 1. The van der Waals surface area contributed by atoms with Crippen LogP contribution in [0.1, 0.15) is 19.9 Å². The number of pyridine rings is 1. The maximum Gasteiger partial charge on any atom is 0.511 e. The molecule has 2 unspecified atom stereocenters. The number of hydrogen-bond donors (Lipinski definition) is 2. The topological polar surface area (TPSA) is 107 Å². The molecule has 1 aromatic heterocycles. The lowest BCUT2D eigenvalue weighted by Gasteiger charge is -2.31. The lowest BCUT2D eigenvalue weighted by Crippen LogP contribution is -2.43. The number of anilines is 1. The van der Waals surface area contributed by atoms with Crippen molar-refractivity contribution in [3.05, 3.63) is 41.0 Å². The largest absolute Gasteiger partial charge is 0.511 e. The first kappa shape index (κ1) is 19.3. The van der Waals surface area contributed by atoms with Crippen molar-refractivity contribution in [3.8, 4) is 11.5 Å². The number of nitrogens with two attached hydrogens (primary N) is 1. The van der Waals surface area contributed by atoms with E-state index in [1.165, 1.54) is 6.20 Å². The number of carbonyl (C=O) groups is 1. The molecule has 2 aliphatic rings. The second-order valence-corrected chi connectivity index (χ2v) is 7.92. The van der Waals surface area contributed by atoms with Crippen LogP contribution in [-0.4, -0.2) is 41.1 Å². The molecule has 154 valence electrons. The van der Waals surface area contributed by atoms with Gasteiger partial charge in [-0.3, -0.25) is 4.79 Å². The average molecular weight is 403 g/mol. The van der Waals surface area contributed by atoms with E-state index < -0.39 is 22.9 Å². The van der Waals surface area contributed by atoms with Crippen molar-refractivity contribution in [2.24, 2.45) is 11.7 Å². The standard InChI is InChI=1S/C20H22FN3O5/c1-4-11-6-23(9-20(11,3)22)16-13(21)5-12-15-18(16)28-8-10(2)24(15)7-14(17(12)25)29-19(26)27/h4-5,7,10-11H,1,6,8-9,22H2,2-3H3,(H,26,27)/t10-,11?,20?/m0/s1. The molecule has 1 fully saturated rings. The summed E-state index contributed by atoms with van der Waals surface area (Å²) in [6.07, 6.45) is 1.49. The van der Waals surface area contributed by atoms with E-state index in [4.69, 9.17) is 15.6 Å². The van der Waals surface area contributed by atoms with E-state index >= 15 is 4.39 Å². The highest BCUT2D eigenvalue weighted by molar-refractivity contribution is 5.93. The van der Waals surface area contributed by atoms with Gasteiger partial charge in [0.05, 0.1) is 23.1 Å². The van der Waals surface area contributed by atoms with Gasteiger partial charge in [-0.2, -0.15) is 0 Å². The van der Waals surface area contributed by atoms with E-state index in [-0.39, 0.29) is 41.1 Å². The van der Waals surface area contributed by atoms with E-state index in [1.807, 2.05) is 18.7 Å². The molecule has 3 atom stereocenters. The Labute approximate surface area is 165 Å². The first-order chi connectivity index (χ1) is 13.6. The van der Waals surface area contributed by atoms with Gasteiger partial charge in [-0.25, -0.2) is 9.18 Å². The molecule has 3 N–H and O–H groups in total. The number of benzene rings is 1. The Bertz CT molecular complexity index is 1090. The number of nitrogens with zero attached hydrogens (tertiary/aromatic N) is 2. The van der Waals surface area contributed by atoms with Gasteiger partial charge in [0.2, 0.25) is 5.43 Å². The van der Waals surface area contributed by atoms with Crippen molar-refractivity contribution in [2.75, 3.05) is 24.6 Å².